The monoisotopic (exact) mass is 440 g/mol. The van der Waals surface area contributed by atoms with E-state index in [2.05, 4.69) is 5.10 Å². The molecular weight excluding hydrogens is 419 g/mol. The lowest BCUT2D eigenvalue weighted by atomic mass is 10.0. The van der Waals surface area contributed by atoms with Crippen LogP contribution in [0.1, 0.15) is 29.0 Å². The summed E-state index contributed by atoms with van der Waals surface area (Å²) in [5.74, 6) is 0.799. The average Bonchev–Trinajstić information content (AvgIpc) is 3.08. The molecular formula is C22H21FN4O3S. The number of hydrogen-bond acceptors (Lipinski definition) is 6. The number of halogens is 1. The van der Waals surface area contributed by atoms with Gasteiger partial charge >= 0.3 is 0 Å². The maximum atomic E-state index is 13.4. The molecule has 0 aliphatic carbocycles. The van der Waals surface area contributed by atoms with Gasteiger partial charge < -0.3 is 15.2 Å². The third kappa shape index (κ3) is 4.13. The highest BCUT2D eigenvalue weighted by Crippen LogP contribution is 2.48. The molecule has 1 aliphatic heterocycles. The molecule has 1 atom stereocenters. The number of rotatable bonds is 6. The minimum atomic E-state index is -0.561. The van der Waals surface area contributed by atoms with Crippen LogP contribution in [0, 0.1) is 12.7 Å². The van der Waals surface area contributed by atoms with E-state index in [0.717, 1.165) is 33.4 Å². The number of nitrogens with zero attached hydrogens (tertiary/aromatic N) is 3. The Morgan fingerprint density at radius 1 is 1.19 bits per heavy atom. The van der Waals surface area contributed by atoms with Crippen molar-refractivity contribution >= 4 is 28.5 Å². The summed E-state index contributed by atoms with van der Waals surface area (Å²) in [4.78, 5) is 15.8. The Labute approximate surface area is 183 Å². The van der Waals surface area contributed by atoms with Gasteiger partial charge in [-0.2, -0.15) is 5.10 Å². The lowest BCUT2D eigenvalue weighted by Gasteiger charge is -2.23. The van der Waals surface area contributed by atoms with E-state index in [1.807, 2.05) is 26.0 Å². The predicted molar refractivity (Wildman–Crippen MR) is 118 cm³/mol. The number of nitrogens with two attached hydrogens (primary N) is 1. The van der Waals surface area contributed by atoms with Gasteiger partial charge in [0.1, 0.15) is 5.82 Å². The molecule has 2 N–H and O–H groups in total. The van der Waals surface area contributed by atoms with Crippen molar-refractivity contribution in [1.29, 1.82) is 0 Å². The van der Waals surface area contributed by atoms with Gasteiger partial charge in [0.2, 0.25) is 0 Å². The van der Waals surface area contributed by atoms with Gasteiger partial charge in [-0.1, -0.05) is 17.8 Å². The Hall–Kier alpha value is -3.33. The summed E-state index contributed by atoms with van der Waals surface area (Å²) in [5.41, 5.74) is 8.70. The minimum Gasteiger partial charge on any atom is -0.493 e. The van der Waals surface area contributed by atoms with Gasteiger partial charge in [0.25, 0.3) is 5.91 Å². The molecule has 1 aromatic heterocycles. The number of aromatic nitrogens is 2. The highest BCUT2D eigenvalue weighted by atomic mass is 32.2. The number of aliphatic imine (C=N–C) groups is 1. The zero-order chi connectivity index (χ0) is 22.1. The van der Waals surface area contributed by atoms with Gasteiger partial charge in [-0.3, -0.25) is 4.79 Å². The molecule has 3 aromatic rings. The van der Waals surface area contributed by atoms with Crippen LogP contribution in [0.3, 0.4) is 0 Å². The first-order valence-corrected chi connectivity index (χ1v) is 10.4. The fourth-order valence-corrected chi connectivity index (χ4v) is 4.62. The Morgan fingerprint density at radius 3 is 2.61 bits per heavy atom. The molecule has 31 heavy (non-hydrogen) atoms. The first-order valence-electron chi connectivity index (χ1n) is 9.54. The van der Waals surface area contributed by atoms with Crippen LogP contribution in [0.2, 0.25) is 0 Å². The molecule has 9 heteroatoms. The molecule has 1 unspecified atom stereocenters. The molecule has 1 aliphatic rings. The fourth-order valence-electron chi connectivity index (χ4n) is 3.46. The summed E-state index contributed by atoms with van der Waals surface area (Å²) in [5, 5.41) is 5.49. The second kappa shape index (κ2) is 8.43. The molecule has 160 valence electrons. The van der Waals surface area contributed by atoms with E-state index >= 15 is 0 Å². The van der Waals surface area contributed by atoms with Crippen molar-refractivity contribution in [3.8, 4) is 17.2 Å². The van der Waals surface area contributed by atoms with Crippen LogP contribution in [0.4, 0.5) is 10.2 Å². The SMILES string of the molecule is COc1cc(C2SC(C)=Nc3c2c(C)nn3-c2ccc(F)cc2)ccc1OCC(N)=O. The van der Waals surface area contributed by atoms with Crippen molar-refractivity contribution in [2.75, 3.05) is 13.7 Å². The number of ether oxygens (including phenoxy) is 2. The Balaban J connectivity index is 1.76. The summed E-state index contributed by atoms with van der Waals surface area (Å²) in [6.07, 6.45) is 0. The number of carbonyl (C=O) groups excluding carboxylic acids is 1. The van der Waals surface area contributed by atoms with Crippen LogP contribution in [0.5, 0.6) is 11.5 Å². The maximum Gasteiger partial charge on any atom is 0.255 e. The number of methoxy groups -OCH3 is 1. The highest BCUT2D eigenvalue weighted by Gasteiger charge is 2.31. The molecule has 2 heterocycles. The third-order valence-electron chi connectivity index (χ3n) is 4.83. The van der Waals surface area contributed by atoms with Crippen molar-refractivity contribution < 1.29 is 18.7 Å². The average molecular weight is 441 g/mol. The fraction of sp³-hybridized carbons (Fsp3) is 0.227. The van der Waals surface area contributed by atoms with Crippen molar-refractivity contribution in [1.82, 2.24) is 9.78 Å². The van der Waals surface area contributed by atoms with E-state index in [0.29, 0.717) is 11.5 Å². The van der Waals surface area contributed by atoms with Crippen molar-refractivity contribution in [3.05, 3.63) is 65.1 Å². The van der Waals surface area contributed by atoms with Crippen LogP contribution in [0.15, 0.2) is 47.5 Å². The highest BCUT2D eigenvalue weighted by molar-refractivity contribution is 8.14. The molecule has 0 saturated heterocycles. The third-order valence-corrected chi connectivity index (χ3v) is 6.00. The largest absolute Gasteiger partial charge is 0.493 e. The molecule has 2 aromatic carbocycles. The molecule has 4 rings (SSSR count). The van der Waals surface area contributed by atoms with Gasteiger partial charge in [0, 0.05) is 5.56 Å². The number of fused-ring (bicyclic) bond motifs is 1. The van der Waals surface area contributed by atoms with Crippen molar-refractivity contribution in [2.24, 2.45) is 10.7 Å². The van der Waals surface area contributed by atoms with Crippen LogP contribution in [-0.2, 0) is 4.79 Å². The molecule has 7 nitrogen and oxygen atoms in total. The number of aryl methyl sites for hydroxylation is 1. The maximum absolute atomic E-state index is 13.4. The summed E-state index contributed by atoms with van der Waals surface area (Å²) in [6, 6.07) is 11.7. The van der Waals surface area contributed by atoms with Crippen LogP contribution >= 0.6 is 11.8 Å². The van der Waals surface area contributed by atoms with E-state index < -0.39 is 5.91 Å². The number of carbonyl (C=O) groups is 1. The van der Waals surface area contributed by atoms with E-state index in [9.17, 15) is 9.18 Å². The molecule has 0 saturated carbocycles. The first-order chi connectivity index (χ1) is 14.9. The smallest absolute Gasteiger partial charge is 0.255 e. The van der Waals surface area contributed by atoms with Gasteiger partial charge in [-0.05, 0) is 55.8 Å². The Kier molecular flexibility index (Phi) is 5.69. The quantitative estimate of drug-likeness (QED) is 0.624. The lowest BCUT2D eigenvalue weighted by Crippen LogP contribution is -2.20. The van der Waals surface area contributed by atoms with Crippen molar-refractivity contribution in [2.45, 2.75) is 19.1 Å². The zero-order valence-electron chi connectivity index (χ0n) is 17.3. The Bertz CT molecular complexity index is 1170. The zero-order valence-corrected chi connectivity index (χ0v) is 18.1. The molecule has 0 fully saturated rings. The minimum absolute atomic E-state index is 0.0687. The van der Waals surface area contributed by atoms with Crippen LogP contribution in [0.25, 0.3) is 5.69 Å². The van der Waals surface area contributed by atoms with Crippen LogP contribution < -0.4 is 15.2 Å². The number of amides is 1. The van der Waals surface area contributed by atoms with Gasteiger partial charge in [0.05, 0.1) is 28.8 Å². The van der Waals surface area contributed by atoms with E-state index in [4.69, 9.17) is 20.2 Å². The topological polar surface area (TPSA) is 91.7 Å². The van der Waals surface area contributed by atoms with Gasteiger partial charge in [0.15, 0.2) is 23.9 Å². The number of benzene rings is 2. The standard InChI is InChI=1S/C22H21FN4O3S/c1-12-20-21(14-4-9-17(18(10-14)29-3)30-11-19(24)28)31-13(2)25-22(20)27(26-12)16-7-5-15(23)6-8-16/h4-10,21H,11H2,1-3H3,(H2,24,28). The summed E-state index contributed by atoms with van der Waals surface area (Å²) < 4.78 is 26.0. The van der Waals surface area contributed by atoms with Crippen molar-refractivity contribution in [3.63, 3.8) is 0 Å². The normalized spacial score (nSPS) is 15.2. The van der Waals surface area contributed by atoms with Gasteiger partial charge in [-0.15, -0.1) is 0 Å². The summed E-state index contributed by atoms with van der Waals surface area (Å²) in [7, 11) is 1.54. The predicted octanol–water partition coefficient (Wildman–Crippen LogP) is 4.08. The lowest BCUT2D eigenvalue weighted by molar-refractivity contribution is -0.119. The Morgan fingerprint density at radius 2 is 1.94 bits per heavy atom. The summed E-state index contributed by atoms with van der Waals surface area (Å²) in [6.45, 7) is 3.65. The summed E-state index contributed by atoms with van der Waals surface area (Å²) >= 11 is 1.62. The number of hydrogen-bond donors (Lipinski definition) is 1. The van der Waals surface area contributed by atoms with Gasteiger partial charge in [-0.25, -0.2) is 14.1 Å². The molecule has 0 bridgehead atoms. The number of thioether (sulfide) groups is 1. The van der Waals surface area contributed by atoms with E-state index in [1.165, 1.54) is 12.1 Å². The second-order valence-corrected chi connectivity index (χ2v) is 8.30. The van der Waals surface area contributed by atoms with Crippen LogP contribution in [-0.4, -0.2) is 34.4 Å². The number of primary amides is 1. The van der Waals surface area contributed by atoms with E-state index in [-0.39, 0.29) is 17.7 Å². The molecule has 0 spiro atoms. The first kappa shape index (κ1) is 20.9. The molecule has 0 radical (unpaired) electrons. The second-order valence-electron chi connectivity index (χ2n) is 7.00. The molecule has 1 amide bonds. The van der Waals surface area contributed by atoms with E-state index in [1.54, 1.807) is 41.8 Å².